The molecule has 1 aromatic rings. The molecule has 0 bridgehead atoms. The number of H-pyrrole nitrogens is 1. The maximum atomic E-state index is 12.0. The van der Waals surface area contributed by atoms with Crippen LogP contribution in [-0.4, -0.2) is 73.6 Å². The van der Waals surface area contributed by atoms with Crippen molar-refractivity contribution in [1.29, 1.82) is 0 Å². The topological polar surface area (TPSA) is 88.0 Å². The van der Waals surface area contributed by atoms with Crippen LogP contribution in [0.5, 0.6) is 0 Å². The number of carbonyl (C=O) groups is 1. The normalized spacial score (nSPS) is 26.2. The van der Waals surface area contributed by atoms with Crippen LogP contribution in [0.25, 0.3) is 0 Å². The van der Waals surface area contributed by atoms with E-state index < -0.39 is 0 Å². The second kappa shape index (κ2) is 7.18. The van der Waals surface area contributed by atoms with Gasteiger partial charge in [0, 0.05) is 44.2 Å². The summed E-state index contributed by atoms with van der Waals surface area (Å²) in [5.41, 5.74) is -0.222. The van der Waals surface area contributed by atoms with Crippen LogP contribution < -0.4 is 5.56 Å². The molecule has 2 atom stereocenters. The number of likely N-dealkylation sites (tertiary alicyclic amines) is 1. The third-order valence-corrected chi connectivity index (χ3v) is 4.64. The molecule has 0 aliphatic carbocycles. The van der Waals surface area contributed by atoms with E-state index in [2.05, 4.69) is 10.1 Å². The van der Waals surface area contributed by atoms with E-state index in [1.807, 2.05) is 0 Å². The quantitative estimate of drug-likeness (QED) is 0.876. The Morgan fingerprint density at radius 2 is 2.17 bits per heavy atom. The van der Waals surface area contributed by atoms with Gasteiger partial charge in [-0.15, -0.1) is 0 Å². The summed E-state index contributed by atoms with van der Waals surface area (Å²) < 4.78 is 15.6. The molecule has 0 aromatic carbocycles. The number of aromatic nitrogens is 1. The molecule has 0 spiro atoms. The Balaban J connectivity index is 1.71. The second-order valence-electron chi connectivity index (χ2n) is 6.07. The number of methoxy groups -OCH3 is 1. The number of hydrogen-bond donors (Lipinski definition) is 1. The SMILES string of the molecule is COC(=O)N1CC[C@H](c2cc(=O)[nH]o2)C[C@H]1CN1CCOCC1. The first kappa shape index (κ1) is 16.1. The Hall–Kier alpha value is -1.80. The van der Waals surface area contributed by atoms with Crippen LogP contribution in [0.15, 0.2) is 15.4 Å². The van der Waals surface area contributed by atoms with Crippen LogP contribution in [0.1, 0.15) is 24.5 Å². The highest BCUT2D eigenvalue weighted by Crippen LogP contribution is 2.31. The van der Waals surface area contributed by atoms with Gasteiger partial charge in [0.25, 0.3) is 5.56 Å². The van der Waals surface area contributed by atoms with Crippen molar-refractivity contribution in [3.8, 4) is 0 Å². The zero-order chi connectivity index (χ0) is 16.2. The first-order valence-electron chi connectivity index (χ1n) is 8.00. The van der Waals surface area contributed by atoms with E-state index in [0.717, 1.165) is 45.7 Å². The minimum atomic E-state index is -0.294. The molecule has 3 rings (SSSR count). The summed E-state index contributed by atoms with van der Waals surface area (Å²) in [6, 6.07) is 1.55. The van der Waals surface area contributed by atoms with Gasteiger partial charge in [0.15, 0.2) is 0 Å². The molecule has 128 valence electrons. The summed E-state index contributed by atoms with van der Waals surface area (Å²) in [7, 11) is 1.41. The third-order valence-electron chi connectivity index (χ3n) is 4.64. The van der Waals surface area contributed by atoms with Gasteiger partial charge in [-0.05, 0) is 12.8 Å². The fourth-order valence-electron chi connectivity index (χ4n) is 3.42. The fraction of sp³-hybridized carbons (Fsp3) is 0.733. The predicted octanol–water partition coefficient (Wildman–Crippen LogP) is 0.615. The van der Waals surface area contributed by atoms with Crippen LogP contribution in [0, 0.1) is 0 Å². The average Bonchev–Trinajstić information content (AvgIpc) is 3.01. The molecular formula is C15H23N3O5. The molecule has 2 aliphatic rings. The number of morpholine rings is 1. The minimum absolute atomic E-state index is 0.0412. The summed E-state index contributed by atoms with van der Waals surface area (Å²) in [6.07, 6.45) is 1.22. The molecule has 1 amide bonds. The van der Waals surface area contributed by atoms with Crippen LogP contribution in [-0.2, 0) is 9.47 Å². The van der Waals surface area contributed by atoms with E-state index >= 15 is 0 Å². The van der Waals surface area contributed by atoms with Crippen molar-refractivity contribution in [2.24, 2.45) is 0 Å². The Labute approximate surface area is 134 Å². The van der Waals surface area contributed by atoms with E-state index in [0.29, 0.717) is 12.3 Å². The largest absolute Gasteiger partial charge is 0.453 e. The molecule has 8 nitrogen and oxygen atoms in total. The molecule has 2 aliphatic heterocycles. The Kier molecular flexibility index (Phi) is 5.02. The van der Waals surface area contributed by atoms with E-state index in [9.17, 15) is 9.59 Å². The van der Waals surface area contributed by atoms with E-state index in [-0.39, 0.29) is 23.6 Å². The molecule has 0 unspecified atom stereocenters. The third kappa shape index (κ3) is 3.76. The summed E-state index contributed by atoms with van der Waals surface area (Å²) >= 11 is 0. The predicted molar refractivity (Wildman–Crippen MR) is 81.5 cm³/mol. The molecule has 1 N–H and O–H groups in total. The summed E-state index contributed by atoms with van der Waals surface area (Å²) in [6.45, 7) is 4.57. The Morgan fingerprint density at radius 3 is 2.83 bits per heavy atom. The number of rotatable bonds is 3. The van der Waals surface area contributed by atoms with Gasteiger partial charge in [0.1, 0.15) is 5.76 Å². The Morgan fingerprint density at radius 1 is 1.39 bits per heavy atom. The standard InChI is InChI=1S/C15H23N3O5/c1-21-15(20)18-3-2-11(13-9-14(19)16-23-13)8-12(18)10-17-4-6-22-7-5-17/h9,11-12H,2-8,10H2,1H3,(H,16,19)/t11-,12-/m0/s1. The number of aromatic amines is 1. The number of ether oxygens (including phenoxy) is 2. The van der Waals surface area contributed by atoms with E-state index in [1.54, 1.807) is 4.90 Å². The molecule has 0 radical (unpaired) electrons. The van der Waals surface area contributed by atoms with Crippen molar-refractivity contribution < 1.29 is 18.8 Å². The first-order valence-corrected chi connectivity index (χ1v) is 8.00. The average molecular weight is 325 g/mol. The number of hydrogen-bond acceptors (Lipinski definition) is 6. The van der Waals surface area contributed by atoms with Crippen molar-refractivity contribution in [1.82, 2.24) is 15.0 Å². The Bertz CT molecular complexity index is 578. The van der Waals surface area contributed by atoms with Crippen molar-refractivity contribution in [2.75, 3.05) is 46.5 Å². The monoisotopic (exact) mass is 325 g/mol. The summed E-state index contributed by atoms with van der Waals surface area (Å²) in [4.78, 5) is 27.4. The molecular weight excluding hydrogens is 302 g/mol. The van der Waals surface area contributed by atoms with Crippen LogP contribution >= 0.6 is 0 Å². The van der Waals surface area contributed by atoms with Gasteiger partial charge in [-0.1, -0.05) is 0 Å². The first-order chi connectivity index (χ1) is 11.2. The second-order valence-corrected chi connectivity index (χ2v) is 6.07. The highest BCUT2D eigenvalue weighted by atomic mass is 16.5. The number of nitrogens with zero attached hydrogens (tertiary/aromatic N) is 2. The van der Waals surface area contributed by atoms with Gasteiger partial charge in [-0.2, -0.15) is 5.16 Å². The van der Waals surface area contributed by atoms with Gasteiger partial charge in [-0.25, -0.2) is 4.79 Å². The molecule has 8 heteroatoms. The van der Waals surface area contributed by atoms with Crippen LogP contribution in [0.2, 0.25) is 0 Å². The van der Waals surface area contributed by atoms with Crippen molar-refractivity contribution in [3.05, 3.63) is 22.2 Å². The van der Waals surface area contributed by atoms with E-state index in [1.165, 1.54) is 13.2 Å². The lowest BCUT2D eigenvalue weighted by Crippen LogP contribution is -2.52. The molecule has 23 heavy (non-hydrogen) atoms. The lowest BCUT2D eigenvalue weighted by Gasteiger charge is -2.41. The van der Waals surface area contributed by atoms with Crippen molar-refractivity contribution in [2.45, 2.75) is 24.8 Å². The summed E-state index contributed by atoms with van der Waals surface area (Å²) in [5, 5.41) is 2.34. The number of amides is 1. The van der Waals surface area contributed by atoms with Gasteiger partial charge in [0.2, 0.25) is 0 Å². The highest BCUT2D eigenvalue weighted by Gasteiger charge is 2.35. The number of piperidine rings is 1. The smallest absolute Gasteiger partial charge is 0.409 e. The minimum Gasteiger partial charge on any atom is -0.453 e. The maximum Gasteiger partial charge on any atom is 0.409 e. The molecule has 2 saturated heterocycles. The number of carbonyl (C=O) groups excluding carboxylic acids is 1. The van der Waals surface area contributed by atoms with Gasteiger partial charge in [-0.3, -0.25) is 9.69 Å². The highest BCUT2D eigenvalue weighted by molar-refractivity contribution is 5.68. The zero-order valence-corrected chi connectivity index (χ0v) is 13.3. The van der Waals surface area contributed by atoms with E-state index in [4.69, 9.17) is 14.0 Å². The fourth-order valence-corrected chi connectivity index (χ4v) is 3.42. The van der Waals surface area contributed by atoms with Gasteiger partial charge < -0.3 is 18.9 Å². The molecule has 0 saturated carbocycles. The molecule has 1 aromatic heterocycles. The van der Waals surface area contributed by atoms with Crippen LogP contribution in [0.3, 0.4) is 0 Å². The summed E-state index contributed by atoms with van der Waals surface area (Å²) in [5.74, 6) is 0.812. The van der Waals surface area contributed by atoms with Gasteiger partial charge >= 0.3 is 6.09 Å². The van der Waals surface area contributed by atoms with Crippen LogP contribution in [0.4, 0.5) is 4.79 Å². The molecule has 3 heterocycles. The lowest BCUT2D eigenvalue weighted by atomic mass is 9.88. The number of nitrogens with one attached hydrogen (secondary N) is 1. The van der Waals surface area contributed by atoms with Gasteiger partial charge in [0.05, 0.1) is 20.3 Å². The lowest BCUT2D eigenvalue weighted by molar-refractivity contribution is 0.0139. The van der Waals surface area contributed by atoms with Crippen molar-refractivity contribution in [3.63, 3.8) is 0 Å². The zero-order valence-electron chi connectivity index (χ0n) is 13.3. The maximum absolute atomic E-state index is 12.0. The molecule has 2 fully saturated rings. The van der Waals surface area contributed by atoms with Crippen molar-refractivity contribution >= 4 is 6.09 Å².